The smallest absolute Gasteiger partial charge is 0.387 e. The molecule has 3 rings (SSSR count). The number of anilines is 1. The molecule has 2 aromatic carbocycles. The Hall–Kier alpha value is -3.03. The molecule has 6 nitrogen and oxygen atoms in total. The molecule has 144 valence electrons. The second kappa shape index (κ2) is 7.69. The van der Waals surface area contributed by atoms with E-state index in [-0.39, 0.29) is 28.9 Å². The van der Waals surface area contributed by atoms with Crippen LogP contribution in [0.4, 0.5) is 14.5 Å². The van der Waals surface area contributed by atoms with E-state index in [1.54, 1.807) is 31.1 Å². The zero-order valence-corrected chi connectivity index (χ0v) is 14.8. The largest absolute Gasteiger partial charge is 0.497 e. The highest BCUT2D eigenvalue weighted by Gasteiger charge is 2.31. The Balaban J connectivity index is 2.03. The molecule has 1 aliphatic heterocycles. The van der Waals surface area contributed by atoms with Gasteiger partial charge in [-0.3, -0.25) is 0 Å². The van der Waals surface area contributed by atoms with Gasteiger partial charge in [-0.15, -0.1) is 0 Å². The molecule has 1 unspecified atom stereocenters. The monoisotopic (exact) mass is 379 g/mol. The maximum atomic E-state index is 12.7. The van der Waals surface area contributed by atoms with Crippen molar-refractivity contribution < 1.29 is 32.9 Å². The van der Waals surface area contributed by atoms with E-state index in [2.05, 4.69) is 4.74 Å². The molecule has 1 N–H and O–H groups in total. The normalized spacial score (nSPS) is 15.9. The second-order valence-electron chi connectivity index (χ2n) is 6.13. The van der Waals surface area contributed by atoms with E-state index in [9.17, 15) is 18.7 Å². The Morgan fingerprint density at radius 2 is 2.00 bits per heavy atom. The third-order valence-corrected chi connectivity index (χ3v) is 4.19. The van der Waals surface area contributed by atoms with Gasteiger partial charge < -0.3 is 24.2 Å². The molecule has 0 saturated carbocycles. The number of hydrogen-bond donors (Lipinski definition) is 1. The van der Waals surface area contributed by atoms with E-state index in [1.165, 1.54) is 12.1 Å². The first-order valence-corrected chi connectivity index (χ1v) is 8.28. The fraction of sp³-hybridized carbons (Fsp3) is 0.316. The van der Waals surface area contributed by atoms with Gasteiger partial charge in [-0.1, -0.05) is 12.1 Å². The highest BCUT2D eigenvalue weighted by atomic mass is 19.3. The minimum Gasteiger partial charge on any atom is -0.497 e. The fourth-order valence-electron chi connectivity index (χ4n) is 3.08. The molecular weight excluding hydrogens is 360 g/mol. The molecule has 0 fully saturated rings. The summed E-state index contributed by atoms with van der Waals surface area (Å²) in [6.45, 7) is -0.481. The van der Waals surface area contributed by atoms with Crippen LogP contribution in [0, 0.1) is 0 Å². The topological polar surface area (TPSA) is 68.2 Å². The van der Waals surface area contributed by atoms with Crippen LogP contribution in [0.1, 0.15) is 22.8 Å². The molecule has 0 saturated heterocycles. The number of carboxylic acids is 1. The number of aromatic carboxylic acids is 1. The third kappa shape index (κ3) is 4.05. The van der Waals surface area contributed by atoms with Crippen LogP contribution in [0.2, 0.25) is 0 Å². The van der Waals surface area contributed by atoms with Gasteiger partial charge in [-0.25, -0.2) is 4.79 Å². The van der Waals surface area contributed by atoms with Gasteiger partial charge in [0.2, 0.25) is 0 Å². The molecule has 27 heavy (non-hydrogen) atoms. The summed E-state index contributed by atoms with van der Waals surface area (Å²) in [4.78, 5) is 13.5. The van der Waals surface area contributed by atoms with Crippen molar-refractivity contribution in [3.63, 3.8) is 0 Å². The van der Waals surface area contributed by atoms with E-state index >= 15 is 0 Å². The van der Waals surface area contributed by atoms with Gasteiger partial charge in [0.05, 0.1) is 24.9 Å². The lowest BCUT2D eigenvalue weighted by Gasteiger charge is -2.36. The lowest BCUT2D eigenvalue weighted by atomic mass is 10.1. The van der Waals surface area contributed by atoms with Crippen molar-refractivity contribution in [2.24, 2.45) is 0 Å². The highest BCUT2D eigenvalue weighted by molar-refractivity contribution is 5.97. The minimum atomic E-state index is -3.04. The van der Waals surface area contributed by atoms with Gasteiger partial charge in [0.15, 0.2) is 11.5 Å². The quantitative estimate of drug-likeness (QED) is 0.824. The molecule has 8 heteroatoms. The lowest BCUT2D eigenvalue weighted by Crippen LogP contribution is -2.39. The van der Waals surface area contributed by atoms with Gasteiger partial charge in [-0.2, -0.15) is 8.78 Å². The highest BCUT2D eigenvalue weighted by Crippen LogP contribution is 2.45. The van der Waals surface area contributed by atoms with Crippen molar-refractivity contribution >= 4 is 11.7 Å². The molecule has 1 heterocycles. The van der Waals surface area contributed by atoms with Crippen LogP contribution in [0.5, 0.6) is 17.2 Å². The second-order valence-corrected chi connectivity index (χ2v) is 6.13. The molecular formula is C19H19F2NO5. The summed E-state index contributed by atoms with van der Waals surface area (Å²) in [5.74, 6) is -0.639. The Labute approximate surface area is 154 Å². The first-order valence-electron chi connectivity index (χ1n) is 8.28. The number of nitrogens with zero attached hydrogens (tertiary/aromatic N) is 1. The molecule has 0 spiro atoms. The van der Waals surface area contributed by atoms with Crippen LogP contribution in [0.15, 0.2) is 36.4 Å². The summed E-state index contributed by atoms with van der Waals surface area (Å²) in [6.07, 6.45) is -0.334. The molecule has 0 aliphatic carbocycles. The van der Waals surface area contributed by atoms with Crippen LogP contribution >= 0.6 is 0 Å². The predicted octanol–water partition coefficient (Wildman–Crippen LogP) is 3.78. The van der Waals surface area contributed by atoms with E-state index in [0.717, 1.165) is 5.56 Å². The third-order valence-electron chi connectivity index (χ3n) is 4.19. The number of rotatable bonds is 6. The Morgan fingerprint density at radius 1 is 1.30 bits per heavy atom. The van der Waals surface area contributed by atoms with Crippen molar-refractivity contribution in [1.82, 2.24) is 0 Å². The zero-order chi connectivity index (χ0) is 19.6. The summed E-state index contributed by atoms with van der Waals surface area (Å²) in [5, 5.41) is 9.54. The average Bonchev–Trinajstić information content (AvgIpc) is 2.62. The predicted molar refractivity (Wildman–Crippen MR) is 94.2 cm³/mol. The number of halogens is 2. The number of alkyl halides is 2. The zero-order valence-electron chi connectivity index (χ0n) is 14.8. The Bertz CT molecular complexity index is 826. The van der Waals surface area contributed by atoms with E-state index < -0.39 is 12.6 Å². The van der Waals surface area contributed by atoms with Gasteiger partial charge in [0, 0.05) is 6.54 Å². The summed E-state index contributed by atoms with van der Waals surface area (Å²) in [5.41, 5.74) is 1.11. The molecule has 0 radical (unpaired) electrons. The Morgan fingerprint density at radius 3 is 2.59 bits per heavy atom. The van der Waals surface area contributed by atoms with Crippen LogP contribution in [0.3, 0.4) is 0 Å². The summed E-state index contributed by atoms with van der Waals surface area (Å²) < 4.78 is 40.8. The van der Waals surface area contributed by atoms with Gasteiger partial charge >= 0.3 is 12.6 Å². The molecule has 1 aliphatic rings. The molecule has 0 amide bonds. The number of benzene rings is 2. The molecule has 2 aromatic rings. The minimum absolute atomic E-state index is 0.0162. The summed E-state index contributed by atoms with van der Waals surface area (Å²) in [7, 11) is 1.57. The van der Waals surface area contributed by atoms with Crippen molar-refractivity contribution in [2.45, 2.75) is 26.2 Å². The van der Waals surface area contributed by atoms with Crippen LogP contribution < -0.4 is 19.1 Å². The number of carbonyl (C=O) groups is 1. The van der Waals surface area contributed by atoms with E-state index in [4.69, 9.17) is 9.47 Å². The maximum Gasteiger partial charge on any atom is 0.387 e. The number of methoxy groups -OCH3 is 1. The molecule has 1 atom stereocenters. The Kier molecular flexibility index (Phi) is 5.34. The number of carboxylic acid groups (broad SMARTS) is 1. The molecule has 0 aromatic heterocycles. The summed E-state index contributed by atoms with van der Waals surface area (Å²) in [6, 6.07) is 9.76. The van der Waals surface area contributed by atoms with Crippen LogP contribution in [-0.2, 0) is 6.54 Å². The first-order chi connectivity index (χ1) is 12.9. The van der Waals surface area contributed by atoms with Gasteiger partial charge in [-0.05, 0) is 36.8 Å². The van der Waals surface area contributed by atoms with Gasteiger partial charge in [0.25, 0.3) is 0 Å². The molecule has 0 bridgehead atoms. The van der Waals surface area contributed by atoms with Crippen molar-refractivity contribution in [1.29, 1.82) is 0 Å². The SMILES string of the molecule is COc1ccc(CN2CC(C)Oc3c(OC(F)F)ccc(C(=O)O)c32)cc1. The number of hydrogen-bond acceptors (Lipinski definition) is 5. The number of ether oxygens (including phenoxy) is 3. The van der Waals surface area contributed by atoms with E-state index in [1.807, 2.05) is 12.1 Å². The average molecular weight is 379 g/mol. The number of fused-ring (bicyclic) bond motifs is 1. The lowest BCUT2D eigenvalue weighted by molar-refractivity contribution is -0.0521. The summed E-state index contributed by atoms with van der Waals surface area (Å²) >= 11 is 0. The fourth-order valence-corrected chi connectivity index (χ4v) is 3.08. The van der Waals surface area contributed by atoms with Crippen molar-refractivity contribution in [2.75, 3.05) is 18.6 Å². The van der Waals surface area contributed by atoms with Crippen LogP contribution in [-0.4, -0.2) is 37.4 Å². The van der Waals surface area contributed by atoms with Gasteiger partial charge in [0.1, 0.15) is 11.9 Å². The van der Waals surface area contributed by atoms with Crippen molar-refractivity contribution in [3.05, 3.63) is 47.5 Å². The standard InChI is InChI=1S/C19H19F2NO5/c1-11-9-22(10-12-3-5-13(25-2)6-4-12)16-14(18(23)24)7-8-15(17(16)26-11)27-19(20)21/h3-8,11,19H,9-10H2,1-2H3,(H,23,24). The first kappa shape index (κ1) is 18.8. The maximum absolute atomic E-state index is 12.7. The van der Waals surface area contributed by atoms with Crippen LogP contribution in [0.25, 0.3) is 0 Å². The van der Waals surface area contributed by atoms with E-state index in [0.29, 0.717) is 18.8 Å². The van der Waals surface area contributed by atoms with Crippen molar-refractivity contribution in [3.8, 4) is 17.2 Å².